The zero-order valence-electron chi connectivity index (χ0n) is 19.8. The van der Waals surface area contributed by atoms with Crippen molar-refractivity contribution in [3.63, 3.8) is 0 Å². The Labute approximate surface area is 206 Å². The van der Waals surface area contributed by atoms with Crippen molar-refractivity contribution in [2.24, 2.45) is 0 Å². The molecule has 1 aromatic heterocycles. The molecule has 8 heteroatoms. The highest BCUT2D eigenvalue weighted by Crippen LogP contribution is 2.29. The fourth-order valence-electron chi connectivity index (χ4n) is 4.41. The van der Waals surface area contributed by atoms with Crippen LogP contribution in [0.2, 0.25) is 0 Å². The predicted molar refractivity (Wildman–Crippen MR) is 133 cm³/mol. The highest BCUT2D eigenvalue weighted by Gasteiger charge is 2.30. The number of ether oxygens (including phenoxy) is 1. The van der Waals surface area contributed by atoms with Crippen LogP contribution in [-0.4, -0.2) is 39.1 Å². The van der Waals surface area contributed by atoms with E-state index >= 15 is 0 Å². The molecule has 0 fully saturated rings. The van der Waals surface area contributed by atoms with E-state index in [9.17, 15) is 19.2 Å². The number of hydrogen-bond acceptors (Lipinski definition) is 6. The monoisotopic (exact) mass is 481 g/mol. The van der Waals surface area contributed by atoms with Crippen molar-refractivity contribution in [2.75, 3.05) is 5.32 Å². The maximum Gasteiger partial charge on any atom is 0.326 e. The zero-order chi connectivity index (χ0) is 25.4. The summed E-state index contributed by atoms with van der Waals surface area (Å²) >= 11 is 0. The van der Waals surface area contributed by atoms with Gasteiger partial charge >= 0.3 is 5.97 Å². The molecule has 0 radical (unpaired) electrons. The van der Waals surface area contributed by atoms with Crippen LogP contribution in [0.4, 0.5) is 5.69 Å². The molecule has 36 heavy (non-hydrogen) atoms. The number of carbonyl (C=O) groups is 4. The number of para-hydroxylation sites is 2. The Bertz CT molecular complexity index is 1550. The van der Waals surface area contributed by atoms with Gasteiger partial charge in [0.2, 0.25) is 0 Å². The third-order valence-corrected chi connectivity index (χ3v) is 6.21. The number of fused-ring (bicyclic) bond motifs is 3. The molecule has 1 unspecified atom stereocenters. The van der Waals surface area contributed by atoms with Crippen molar-refractivity contribution in [3.05, 3.63) is 94.8 Å². The highest BCUT2D eigenvalue weighted by molar-refractivity contribution is 6.28. The fraction of sp³-hybridized carbons (Fsp3) is 0.179. The standard InChI is InChI=1S/C28H23N3O5/c1-3-24-30-22-10-6-7-11-23(22)31(24)15-25(32)36-16(2)28(35)29-17-12-13-20-21(14-17)27(34)19-9-5-4-8-18(19)26(20)33/h4-14,16H,3,15H2,1-2H3,(H,29,35). The van der Waals surface area contributed by atoms with Gasteiger partial charge in [-0.05, 0) is 37.3 Å². The number of ketones is 2. The topological polar surface area (TPSA) is 107 Å². The van der Waals surface area contributed by atoms with Gasteiger partial charge in [-0.2, -0.15) is 0 Å². The molecular weight excluding hydrogens is 458 g/mol. The normalized spacial score (nSPS) is 13.2. The predicted octanol–water partition coefficient (Wildman–Crippen LogP) is 3.94. The first-order valence-electron chi connectivity index (χ1n) is 11.6. The van der Waals surface area contributed by atoms with E-state index in [2.05, 4.69) is 10.3 Å². The van der Waals surface area contributed by atoms with Crippen molar-refractivity contribution in [1.29, 1.82) is 0 Å². The van der Waals surface area contributed by atoms with Gasteiger partial charge in [-0.25, -0.2) is 4.98 Å². The lowest BCUT2D eigenvalue weighted by atomic mass is 9.84. The summed E-state index contributed by atoms with van der Waals surface area (Å²) in [5.74, 6) is -0.892. The average Bonchev–Trinajstić information content (AvgIpc) is 3.24. The number of amides is 1. The number of hydrogen-bond donors (Lipinski definition) is 1. The Morgan fingerprint density at radius 1 is 0.917 bits per heavy atom. The lowest BCUT2D eigenvalue weighted by Gasteiger charge is -2.19. The molecule has 180 valence electrons. The van der Waals surface area contributed by atoms with Gasteiger partial charge in [-0.15, -0.1) is 0 Å². The summed E-state index contributed by atoms with van der Waals surface area (Å²) in [4.78, 5) is 55.6. The molecule has 1 aliphatic carbocycles. The Balaban J connectivity index is 1.28. The summed E-state index contributed by atoms with van der Waals surface area (Å²) in [5.41, 5.74) is 3.14. The van der Waals surface area contributed by atoms with E-state index in [1.54, 1.807) is 34.9 Å². The largest absolute Gasteiger partial charge is 0.451 e. The van der Waals surface area contributed by atoms with Crippen molar-refractivity contribution in [1.82, 2.24) is 9.55 Å². The van der Waals surface area contributed by atoms with Crippen molar-refractivity contribution >= 4 is 40.2 Å². The van der Waals surface area contributed by atoms with E-state index in [0.717, 1.165) is 16.9 Å². The van der Waals surface area contributed by atoms with Crippen LogP contribution in [0.5, 0.6) is 0 Å². The smallest absolute Gasteiger partial charge is 0.326 e. The van der Waals surface area contributed by atoms with Gasteiger partial charge in [0.15, 0.2) is 17.7 Å². The lowest BCUT2D eigenvalue weighted by Crippen LogP contribution is -2.31. The minimum Gasteiger partial charge on any atom is -0.451 e. The minimum absolute atomic E-state index is 0.0732. The second-order valence-electron chi connectivity index (χ2n) is 8.54. The average molecular weight is 482 g/mol. The number of nitrogens with one attached hydrogen (secondary N) is 1. The molecule has 0 saturated carbocycles. The first-order chi connectivity index (χ1) is 17.4. The van der Waals surface area contributed by atoms with Crippen molar-refractivity contribution in [2.45, 2.75) is 32.9 Å². The highest BCUT2D eigenvalue weighted by atomic mass is 16.5. The molecule has 1 amide bonds. The number of aromatic nitrogens is 2. The van der Waals surface area contributed by atoms with Gasteiger partial charge in [-0.3, -0.25) is 19.2 Å². The summed E-state index contributed by atoms with van der Waals surface area (Å²) in [7, 11) is 0. The molecule has 0 saturated heterocycles. The second kappa shape index (κ2) is 9.22. The molecule has 4 aromatic rings. The van der Waals surface area contributed by atoms with Gasteiger partial charge in [0.1, 0.15) is 12.4 Å². The fourth-order valence-corrected chi connectivity index (χ4v) is 4.41. The van der Waals surface area contributed by atoms with Gasteiger partial charge in [0.05, 0.1) is 11.0 Å². The van der Waals surface area contributed by atoms with Gasteiger partial charge in [0.25, 0.3) is 5.91 Å². The Hall–Kier alpha value is -4.59. The molecule has 1 atom stereocenters. The van der Waals surface area contributed by atoms with E-state index in [1.807, 2.05) is 31.2 Å². The third-order valence-electron chi connectivity index (χ3n) is 6.21. The lowest BCUT2D eigenvalue weighted by molar-refractivity contribution is -0.153. The number of anilines is 1. The number of esters is 1. The number of aryl methyl sites for hydroxylation is 1. The molecule has 1 N–H and O–H groups in total. The second-order valence-corrected chi connectivity index (χ2v) is 8.54. The molecule has 0 bridgehead atoms. The molecule has 0 aliphatic heterocycles. The number of imidazole rings is 1. The number of nitrogens with zero attached hydrogens (tertiary/aromatic N) is 2. The molecular formula is C28H23N3O5. The first-order valence-corrected chi connectivity index (χ1v) is 11.6. The van der Waals surface area contributed by atoms with Crippen LogP contribution in [0.1, 0.15) is 51.5 Å². The summed E-state index contributed by atoms with van der Waals surface area (Å²) in [5, 5.41) is 2.67. The molecule has 8 nitrogen and oxygen atoms in total. The summed E-state index contributed by atoms with van der Waals surface area (Å²) in [6.07, 6.45) is -0.436. The molecule has 0 spiro atoms. The quantitative estimate of drug-likeness (QED) is 0.368. The van der Waals surface area contributed by atoms with Crippen LogP contribution in [0.25, 0.3) is 11.0 Å². The number of carbonyl (C=O) groups excluding carboxylic acids is 4. The summed E-state index contributed by atoms with van der Waals surface area (Å²) in [6, 6.07) is 18.7. The maximum atomic E-state index is 12.9. The summed E-state index contributed by atoms with van der Waals surface area (Å²) < 4.78 is 7.17. The molecule has 1 aliphatic rings. The van der Waals surface area contributed by atoms with E-state index in [4.69, 9.17) is 4.74 Å². The van der Waals surface area contributed by atoms with Gasteiger partial charge < -0.3 is 14.6 Å². The first kappa shape index (κ1) is 23.2. The Kier molecular flexibility index (Phi) is 5.93. The van der Waals surface area contributed by atoms with Crippen LogP contribution in [0.3, 0.4) is 0 Å². The SMILES string of the molecule is CCc1nc2ccccc2n1CC(=O)OC(C)C(=O)Nc1ccc2c(c1)C(=O)c1ccccc1C2=O. The van der Waals surface area contributed by atoms with Gasteiger partial charge in [-0.1, -0.05) is 43.3 Å². The van der Waals surface area contributed by atoms with Crippen LogP contribution in [0.15, 0.2) is 66.7 Å². The zero-order valence-corrected chi connectivity index (χ0v) is 19.8. The molecule has 3 aromatic carbocycles. The summed E-state index contributed by atoms with van der Waals surface area (Å²) in [6.45, 7) is 3.36. The van der Waals surface area contributed by atoms with Crippen LogP contribution in [-0.2, 0) is 27.3 Å². The Morgan fingerprint density at radius 2 is 1.56 bits per heavy atom. The van der Waals surface area contributed by atoms with Gasteiger partial charge in [0, 0.05) is 34.4 Å². The number of rotatable bonds is 6. The Morgan fingerprint density at radius 3 is 2.28 bits per heavy atom. The molecule has 1 heterocycles. The van der Waals surface area contributed by atoms with Crippen LogP contribution < -0.4 is 5.32 Å². The van der Waals surface area contributed by atoms with Crippen molar-refractivity contribution < 1.29 is 23.9 Å². The number of benzene rings is 3. The van der Waals surface area contributed by atoms with Crippen LogP contribution >= 0.6 is 0 Å². The van der Waals surface area contributed by atoms with E-state index < -0.39 is 18.0 Å². The minimum atomic E-state index is -1.08. The van der Waals surface area contributed by atoms with E-state index in [1.165, 1.54) is 19.1 Å². The van der Waals surface area contributed by atoms with Crippen LogP contribution in [0, 0.1) is 0 Å². The maximum absolute atomic E-state index is 12.9. The third kappa shape index (κ3) is 4.07. The van der Waals surface area contributed by atoms with E-state index in [-0.39, 0.29) is 29.2 Å². The molecule has 5 rings (SSSR count). The van der Waals surface area contributed by atoms with E-state index in [0.29, 0.717) is 23.2 Å². The van der Waals surface area contributed by atoms with Crippen molar-refractivity contribution in [3.8, 4) is 0 Å².